The zero-order chi connectivity index (χ0) is 22.6. The standard InChI is InChI=1S/C23H18N2O5S3/c26-21(12-30-23(27)18-14-33-22(24-18)15-5-9-31-13-15)25(11-17-2-1-8-32-17)16-3-4-19-20(10-16)29-7-6-28-19/h1-5,8-10,13-14H,6-7,11-12H2. The number of rotatable bonds is 7. The van der Waals surface area contributed by atoms with Crippen LogP contribution in [-0.4, -0.2) is 36.7 Å². The van der Waals surface area contributed by atoms with E-state index in [9.17, 15) is 9.59 Å². The summed E-state index contributed by atoms with van der Waals surface area (Å²) >= 11 is 4.47. The van der Waals surface area contributed by atoms with Crippen molar-refractivity contribution in [2.45, 2.75) is 6.54 Å². The van der Waals surface area contributed by atoms with Gasteiger partial charge < -0.3 is 19.1 Å². The molecular weight excluding hydrogens is 480 g/mol. The van der Waals surface area contributed by atoms with Gasteiger partial charge in [-0.3, -0.25) is 4.79 Å². The first kappa shape index (κ1) is 21.6. The lowest BCUT2D eigenvalue weighted by Gasteiger charge is -2.25. The quantitative estimate of drug-likeness (QED) is 0.330. The molecule has 0 saturated carbocycles. The predicted octanol–water partition coefficient (Wildman–Crippen LogP) is 5.09. The van der Waals surface area contributed by atoms with E-state index in [1.165, 1.54) is 11.3 Å². The van der Waals surface area contributed by atoms with Crippen molar-refractivity contribution in [1.82, 2.24) is 4.98 Å². The molecule has 0 radical (unpaired) electrons. The fraction of sp³-hybridized carbons (Fsp3) is 0.174. The van der Waals surface area contributed by atoms with Gasteiger partial charge in [-0.05, 0) is 35.0 Å². The van der Waals surface area contributed by atoms with Crippen LogP contribution in [0.1, 0.15) is 15.4 Å². The molecule has 1 aromatic carbocycles. The molecule has 0 N–H and O–H groups in total. The highest BCUT2D eigenvalue weighted by atomic mass is 32.1. The Hall–Kier alpha value is -3.21. The van der Waals surface area contributed by atoms with Crippen molar-refractivity contribution >= 4 is 51.6 Å². The third kappa shape index (κ3) is 4.92. The van der Waals surface area contributed by atoms with Crippen LogP contribution in [-0.2, 0) is 16.1 Å². The molecule has 0 spiro atoms. The van der Waals surface area contributed by atoms with E-state index in [-0.39, 0.29) is 11.6 Å². The molecule has 0 aliphatic carbocycles. The van der Waals surface area contributed by atoms with Crippen LogP contribution >= 0.6 is 34.0 Å². The summed E-state index contributed by atoms with van der Waals surface area (Å²) in [5.74, 6) is 0.258. The first-order chi connectivity index (χ1) is 16.2. The minimum atomic E-state index is -0.626. The Bertz CT molecular complexity index is 1250. The minimum absolute atomic E-state index is 0.193. The van der Waals surface area contributed by atoms with Gasteiger partial charge in [0, 0.05) is 33.0 Å². The second-order valence-electron chi connectivity index (χ2n) is 7.01. The molecule has 3 aromatic heterocycles. The van der Waals surface area contributed by atoms with E-state index in [4.69, 9.17) is 14.2 Å². The highest BCUT2D eigenvalue weighted by Gasteiger charge is 2.22. The molecule has 0 bridgehead atoms. The molecule has 0 atom stereocenters. The van der Waals surface area contributed by atoms with Crippen LogP contribution in [0.2, 0.25) is 0 Å². The number of amides is 1. The Balaban J connectivity index is 1.30. The van der Waals surface area contributed by atoms with Crippen molar-refractivity contribution in [3.05, 3.63) is 68.5 Å². The minimum Gasteiger partial charge on any atom is -0.486 e. The third-order valence-corrected chi connectivity index (χ3v) is 7.28. The van der Waals surface area contributed by atoms with E-state index in [0.29, 0.717) is 36.9 Å². The van der Waals surface area contributed by atoms with Crippen LogP contribution in [0, 0.1) is 0 Å². The fourth-order valence-electron chi connectivity index (χ4n) is 3.25. The first-order valence-electron chi connectivity index (χ1n) is 10.0. The van der Waals surface area contributed by atoms with Crippen LogP contribution < -0.4 is 14.4 Å². The average molecular weight is 499 g/mol. The summed E-state index contributed by atoms with van der Waals surface area (Å²) < 4.78 is 16.6. The molecule has 5 rings (SSSR count). The van der Waals surface area contributed by atoms with Crippen LogP contribution in [0.5, 0.6) is 11.5 Å². The van der Waals surface area contributed by atoms with Crippen LogP contribution in [0.3, 0.4) is 0 Å². The lowest BCUT2D eigenvalue weighted by atomic mass is 10.2. The van der Waals surface area contributed by atoms with Crippen molar-refractivity contribution in [1.29, 1.82) is 0 Å². The van der Waals surface area contributed by atoms with Crippen LogP contribution in [0.15, 0.2) is 57.9 Å². The van der Waals surface area contributed by atoms with Gasteiger partial charge in [-0.25, -0.2) is 9.78 Å². The van der Waals surface area contributed by atoms with Crippen molar-refractivity contribution < 1.29 is 23.8 Å². The van der Waals surface area contributed by atoms with Crippen LogP contribution in [0.25, 0.3) is 10.6 Å². The molecule has 1 aliphatic rings. The summed E-state index contributed by atoms with van der Waals surface area (Å²) in [6.45, 7) is 0.898. The first-order valence-corrected chi connectivity index (χ1v) is 12.8. The van der Waals surface area contributed by atoms with Gasteiger partial charge >= 0.3 is 5.97 Å². The Kier molecular flexibility index (Phi) is 6.38. The number of aromatic nitrogens is 1. The number of anilines is 1. The number of nitrogens with zero attached hydrogens (tertiary/aromatic N) is 2. The molecule has 4 heterocycles. The van der Waals surface area contributed by atoms with E-state index >= 15 is 0 Å². The van der Waals surface area contributed by atoms with Crippen molar-refractivity contribution in [3.63, 3.8) is 0 Å². The lowest BCUT2D eigenvalue weighted by molar-refractivity contribution is -0.121. The van der Waals surface area contributed by atoms with Gasteiger partial charge in [-0.15, -0.1) is 22.7 Å². The highest BCUT2D eigenvalue weighted by molar-refractivity contribution is 7.14. The molecule has 0 saturated heterocycles. The molecule has 1 aliphatic heterocycles. The summed E-state index contributed by atoms with van der Waals surface area (Å²) in [6, 6.07) is 11.2. The number of carbonyl (C=O) groups excluding carboxylic acids is 2. The molecule has 4 aromatic rings. The Labute approximate surface area is 201 Å². The number of thiazole rings is 1. The maximum Gasteiger partial charge on any atom is 0.358 e. The Morgan fingerprint density at radius 1 is 1.03 bits per heavy atom. The van der Waals surface area contributed by atoms with Gasteiger partial charge in [0.15, 0.2) is 23.8 Å². The number of ether oxygens (including phenoxy) is 3. The number of esters is 1. The topological polar surface area (TPSA) is 78.0 Å². The smallest absolute Gasteiger partial charge is 0.358 e. The maximum atomic E-state index is 13.1. The van der Waals surface area contributed by atoms with Gasteiger partial charge in [0.1, 0.15) is 18.2 Å². The van der Waals surface area contributed by atoms with E-state index in [1.807, 2.05) is 34.3 Å². The van der Waals surface area contributed by atoms with E-state index in [1.54, 1.807) is 51.2 Å². The van der Waals surface area contributed by atoms with Crippen molar-refractivity contribution in [2.24, 2.45) is 0 Å². The highest BCUT2D eigenvalue weighted by Crippen LogP contribution is 2.35. The Morgan fingerprint density at radius 3 is 2.70 bits per heavy atom. The van der Waals surface area contributed by atoms with Gasteiger partial charge in [0.25, 0.3) is 5.91 Å². The second-order valence-corrected chi connectivity index (χ2v) is 9.68. The zero-order valence-electron chi connectivity index (χ0n) is 17.3. The lowest BCUT2D eigenvalue weighted by Crippen LogP contribution is -2.34. The van der Waals surface area contributed by atoms with Gasteiger partial charge in [-0.1, -0.05) is 6.07 Å². The number of hydrogen-bond donors (Lipinski definition) is 0. The summed E-state index contributed by atoms with van der Waals surface area (Å²) in [4.78, 5) is 32.6. The average Bonchev–Trinajstić information content (AvgIpc) is 3.62. The van der Waals surface area contributed by atoms with Crippen LogP contribution in [0.4, 0.5) is 5.69 Å². The molecule has 7 nitrogen and oxygen atoms in total. The SMILES string of the molecule is O=C(OCC(=O)N(Cc1cccs1)c1ccc2c(c1)OCCO2)c1csc(-c2ccsc2)n1. The predicted molar refractivity (Wildman–Crippen MR) is 129 cm³/mol. The summed E-state index contributed by atoms with van der Waals surface area (Å²) in [6.07, 6.45) is 0. The number of carbonyl (C=O) groups is 2. The normalized spacial score (nSPS) is 12.4. The fourth-order valence-corrected chi connectivity index (χ4v) is 5.44. The number of fused-ring (bicyclic) bond motifs is 1. The summed E-state index contributed by atoms with van der Waals surface area (Å²) in [5, 5.41) is 8.25. The summed E-state index contributed by atoms with van der Waals surface area (Å²) in [5.41, 5.74) is 1.79. The summed E-state index contributed by atoms with van der Waals surface area (Å²) in [7, 11) is 0. The zero-order valence-corrected chi connectivity index (χ0v) is 19.7. The second kappa shape index (κ2) is 9.74. The number of hydrogen-bond acceptors (Lipinski definition) is 9. The monoisotopic (exact) mass is 498 g/mol. The van der Waals surface area contributed by atoms with Gasteiger partial charge in [0.05, 0.1) is 6.54 Å². The van der Waals surface area contributed by atoms with Gasteiger partial charge in [-0.2, -0.15) is 11.3 Å². The molecule has 1 amide bonds. The molecule has 0 fully saturated rings. The van der Waals surface area contributed by atoms with E-state index < -0.39 is 12.6 Å². The van der Waals surface area contributed by atoms with Crippen molar-refractivity contribution in [3.8, 4) is 22.1 Å². The third-order valence-electron chi connectivity index (χ3n) is 4.84. The van der Waals surface area contributed by atoms with E-state index in [2.05, 4.69) is 4.98 Å². The number of benzene rings is 1. The maximum absolute atomic E-state index is 13.1. The molecular formula is C23H18N2O5S3. The molecule has 0 unspecified atom stereocenters. The van der Waals surface area contributed by atoms with E-state index in [0.717, 1.165) is 15.4 Å². The van der Waals surface area contributed by atoms with Gasteiger partial charge in [0.2, 0.25) is 0 Å². The molecule has 168 valence electrons. The number of thiophene rings is 2. The molecule has 33 heavy (non-hydrogen) atoms. The Morgan fingerprint density at radius 2 is 1.91 bits per heavy atom. The molecule has 10 heteroatoms. The largest absolute Gasteiger partial charge is 0.486 e. The van der Waals surface area contributed by atoms with Crippen molar-refractivity contribution in [2.75, 3.05) is 24.7 Å².